The fraction of sp³-hybridized carbons (Fsp3) is 0.500. The summed E-state index contributed by atoms with van der Waals surface area (Å²) in [6.07, 6.45) is 0.654. The Morgan fingerprint density at radius 2 is 2.00 bits per heavy atom. The molecule has 0 amide bonds. The maximum absolute atomic E-state index is 13.3. The van der Waals surface area contributed by atoms with Crippen molar-refractivity contribution in [2.75, 3.05) is 13.7 Å². The van der Waals surface area contributed by atoms with Crippen LogP contribution in [0.1, 0.15) is 20.3 Å². The number of methoxy groups -OCH3 is 1. The third kappa shape index (κ3) is 4.35. The Bertz CT molecular complexity index is 390. The third-order valence-electron chi connectivity index (χ3n) is 2.57. The van der Waals surface area contributed by atoms with Crippen molar-refractivity contribution in [2.45, 2.75) is 20.3 Å². The van der Waals surface area contributed by atoms with Crippen molar-refractivity contribution in [2.24, 2.45) is 11.8 Å². The van der Waals surface area contributed by atoms with Gasteiger partial charge in [-0.2, -0.15) is 0 Å². The van der Waals surface area contributed by atoms with Crippen LogP contribution in [0.15, 0.2) is 24.3 Å². The molecule has 3 nitrogen and oxygen atoms in total. The number of hydrogen-bond acceptors (Lipinski definition) is 3. The summed E-state index contributed by atoms with van der Waals surface area (Å²) in [7, 11) is 1.35. The van der Waals surface area contributed by atoms with Gasteiger partial charge >= 0.3 is 5.97 Å². The highest BCUT2D eigenvalue weighted by atomic mass is 19.1. The van der Waals surface area contributed by atoms with Crippen molar-refractivity contribution >= 4 is 5.97 Å². The molecule has 1 atom stereocenters. The number of benzene rings is 1. The molecule has 1 aromatic carbocycles. The molecule has 0 bridgehead atoms. The molecule has 0 radical (unpaired) electrons. The van der Waals surface area contributed by atoms with Crippen LogP contribution >= 0.6 is 0 Å². The van der Waals surface area contributed by atoms with Crippen molar-refractivity contribution in [1.82, 2.24) is 0 Å². The lowest BCUT2D eigenvalue weighted by molar-refractivity contribution is -0.147. The SMILES string of the molecule is COC(=O)C(COc1ccccc1F)CC(C)C. The Hall–Kier alpha value is -1.58. The van der Waals surface area contributed by atoms with Crippen LogP contribution in [0.25, 0.3) is 0 Å². The first-order valence-corrected chi connectivity index (χ1v) is 5.99. The molecule has 0 aromatic heterocycles. The molecular weight excluding hydrogens is 235 g/mol. The summed E-state index contributed by atoms with van der Waals surface area (Å²) in [5.74, 6) is -0.603. The summed E-state index contributed by atoms with van der Waals surface area (Å²) >= 11 is 0. The van der Waals surface area contributed by atoms with Gasteiger partial charge in [0.1, 0.15) is 6.61 Å². The molecule has 4 heteroatoms. The Morgan fingerprint density at radius 1 is 1.33 bits per heavy atom. The van der Waals surface area contributed by atoms with E-state index in [1.165, 1.54) is 13.2 Å². The predicted octanol–water partition coefficient (Wildman–Crippen LogP) is 3.04. The molecular formula is C14H19FO3. The standard InChI is InChI=1S/C14H19FO3/c1-10(2)8-11(14(16)17-3)9-18-13-7-5-4-6-12(13)15/h4-7,10-11H,8-9H2,1-3H3. The lowest BCUT2D eigenvalue weighted by Gasteiger charge is -2.17. The van der Waals surface area contributed by atoms with Crippen LogP contribution in [0.4, 0.5) is 4.39 Å². The topological polar surface area (TPSA) is 35.5 Å². The Labute approximate surface area is 107 Å². The van der Waals surface area contributed by atoms with Gasteiger partial charge in [0.15, 0.2) is 11.6 Å². The van der Waals surface area contributed by atoms with E-state index >= 15 is 0 Å². The first-order valence-electron chi connectivity index (χ1n) is 5.99. The first-order chi connectivity index (χ1) is 8.54. The highest BCUT2D eigenvalue weighted by molar-refractivity contribution is 5.72. The second kappa shape index (κ2) is 6.99. The summed E-state index contributed by atoms with van der Waals surface area (Å²) in [4.78, 5) is 11.6. The zero-order valence-corrected chi connectivity index (χ0v) is 11.0. The van der Waals surface area contributed by atoms with E-state index in [1.807, 2.05) is 13.8 Å². The van der Waals surface area contributed by atoms with Gasteiger partial charge in [-0.1, -0.05) is 26.0 Å². The number of ether oxygens (including phenoxy) is 2. The molecule has 1 rings (SSSR count). The molecule has 0 saturated heterocycles. The van der Waals surface area contributed by atoms with E-state index in [0.717, 1.165) is 0 Å². The number of halogens is 1. The fourth-order valence-electron chi connectivity index (χ4n) is 1.72. The molecule has 0 aliphatic rings. The third-order valence-corrected chi connectivity index (χ3v) is 2.57. The minimum absolute atomic E-state index is 0.131. The summed E-state index contributed by atoms with van der Waals surface area (Å²) in [6.45, 7) is 4.16. The van der Waals surface area contributed by atoms with E-state index in [-0.39, 0.29) is 24.2 Å². The number of esters is 1. The van der Waals surface area contributed by atoms with Gasteiger partial charge in [0.2, 0.25) is 0 Å². The average molecular weight is 254 g/mol. The summed E-state index contributed by atoms with van der Waals surface area (Å²) < 4.78 is 23.4. The zero-order chi connectivity index (χ0) is 13.5. The molecule has 18 heavy (non-hydrogen) atoms. The van der Waals surface area contributed by atoms with Crippen molar-refractivity contribution in [1.29, 1.82) is 0 Å². The minimum Gasteiger partial charge on any atom is -0.490 e. The smallest absolute Gasteiger partial charge is 0.312 e. The lowest BCUT2D eigenvalue weighted by atomic mass is 9.98. The maximum Gasteiger partial charge on any atom is 0.312 e. The van der Waals surface area contributed by atoms with Crippen molar-refractivity contribution in [3.8, 4) is 5.75 Å². The van der Waals surface area contributed by atoms with Crippen LogP contribution in [0.5, 0.6) is 5.75 Å². The Morgan fingerprint density at radius 3 is 2.56 bits per heavy atom. The van der Waals surface area contributed by atoms with Gasteiger partial charge < -0.3 is 9.47 Å². The molecule has 0 fully saturated rings. The van der Waals surface area contributed by atoms with Crippen LogP contribution in [-0.2, 0) is 9.53 Å². The molecule has 1 unspecified atom stereocenters. The second-order valence-corrected chi connectivity index (χ2v) is 4.59. The summed E-state index contributed by atoms with van der Waals surface area (Å²) in [5.41, 5.74) is 0. The predicted molar refractivity (Wildman–Crippen MR) is 66.9 cm³/mol. The quantitative estimate of drug-likeness (QED) is 0.732. The molecule has 0 aliphatic carbocycles. The normalized spacial score (nSPS) is 12.3. The van der Waals surface area contributed by atoms with Crippen LogP contribution in [0.2, 0.25) is 0 Å². The molecule has 0 N–H and O–H groups in total. The average Bonchev–Trinajstić information content (AvgIpc) is 2.34. The Balaban J connectivity index is 2.62. The molecule has 0 saturated carbocycles. The lowest BCUT2D eigenvalue weighted by Crippen LogP contribution is -2.25. The zero-order valence-electron chi connectivity index (χ0n) is 11.0. The van der Waals surface area contributed by atoms with Crippen LogP contribution < -0.4 is 4.74 Å². The highest BCUT2D eigenvalue weighted by Gasteiger charge is 2.21. The van der Waals surface area contributed by atoms with Crippen molar-refractivity contribution in [3.63, 3.8) is 0 Å². The first kappa shape index (κ1) is 14.5. The van der Waals surface area contributed by atoms with Crippen LogP contribution in [0, 0.1) is 17.7 Å². The number of carbonyl (C=O) groups is 1. The number of rotatable bonds is 6. The van der Waals surface area contributed by atoms with E-state index < -0.39 is 5.82 Å². The van der Waals surface area contributed by atoms with Gasteiger partial charge in [0.25, 0.3) is 0 Å². The van der Waals surface area contributed by atoms with Crippen LogP contribution in [0.3, 0.4) is 0 Å². The molecule has 100 valence electrons. The molecule has 1 aromatic rings. The fourth-order valence-corrected chi connectivity index (χ4v) is 1.72. The van der Waals surface area contributed by atoms with E-state index in [1.54, 1.807) is 18.2 Å². The number of para-hydroxylation sites is 1. The van der Waals surface area contributed by atoms with Gasteiger partial charge in [-0.25, -0.2) is 4.39 Å². The molecule has 0 aliphatic heterocycles. The van der Waals surface area contributed by atoms with E-state index in [4.69, 9.17) is 9.47 Å². The number of carbonyl (C=O) groups excluding carboxylic acids is 1. The van der Waals surface area contributed by atoms with Crippen LogP contribution in [-0.4, -0.2) is 19.7 Å². The minimum atomic E-state index is -0.425. The van der Waals surface area contributed by atoms with Crippen molar-refractivity contribution < 1.29 is 18.7 Å². The van der Waals surface area contributed by atoms with Gasteiger partial charge in [0, 0.05) is 0 Å². The second-order valence-electron chi connectivity index (χ2n) is 4.59. The maximum atomic E-state index is 13.3. The Kier molecular flexibility index (Phi) is 5.62. The van der Waals surface area contributed by atoms with Gasteiger partial charge in [0.05, 0.1) is 13.0 Å². The van der Waals surface area contributed by atoms with Gasteiger partial charge in [-0.05, 0) is 24.5 Å². The number of hydrogen-bond donors (Lipinski definition) is 0. The highest BCUT2D eigenvalue weighted by Crippen LogP contribution is 2.19. The van der Waals surface area contributed by atoms with E-state index in [0.29, 0.717) is 12.3 Å². The van der Waals surface area contributed by atoms with Crippen molar-refractivity contribution in [3.05, 3.63) is 30.1 Å². The summed E-state index contributed by atoms with van der Waals surface area (Å²) in [5, 5.41) is 0. The van der Waals surface area contributed by atoms with E-state index in [2.05, 4.69) is 0 Å². The molecule has 0 heterocycles. The molecule has 0 spiro atoms. The summed E-state index contributed by atoms with van der Waals surface area (Å²) in [6, 6.07) is 6.14. The van der Waals surface area contributed by atoms with E-state index in [9.17, 15) is 9.18 Å². The monoisotopic (exact) mass is 254 g/mol. The largest absolute Gasteiger partial charge is 0.490 e. The van der Waals surface area contributed by atoms with Gasteiger partial charge in [-0.3, -0.25) is 4.79 Å². The van der Waals surface area contributed by atoms with Gasteiger partial charge in [-0.15, -0.1) is 0 Å².